The first kappa shape index (κ1) is 36.1. The number of rotatable bonds is 13. The van der Waals surface area contributed by atoms with Crippen LogP contribution in [0.2, 0.25) is 5.02 Å². The summed E-state index contributed by atoms with van der Waals surface area (Å²) in [6.07, 6.45) is 1.59. The van der Waals surface area contributed by atoms with E-state index in [1.54, 1.807) is 60.7 Å². The van der Waals surface area contributed by atoms with Crippen LogP contribution in [0.5, 0.6) is 5.75 Å². The fourth-order valence-electron chi connectivity index (χ4n) is 5.09. The van der Waals surface area contributed by atoms with Gasteiger partial charge in [0, 0.05) is 37.7 Å². The average Bonchev–Trinajstić information content (AvgIpc) is 3.64. The number of nitrogens with zero attached hydrogens (tertiary/aromatic N) is 1. The number of thiazole rings is 1. The molecule has 1 aromatic heterocycles. The Morgan fingerprint density at radius 1 is 0.827 bits per heavy atom. The molecule has 8 nitrogen and oxygen atoms in total. The molecule has 1 heterocycles. The average molecular weight is 745 g/mol. The number of benzene rings is 5. The predicted octanol–water partition coefficient (Wildman–Crippen LogP) is 9.74. The monoisotopic (exact) mass is 744 g/mol. The van der Waals surface area contributed by atoms with E-state index in [4.69, 9.17) is 16.3 Å². The molecule has 0 aliphatic rings. The van der Waals surface area contributed by atoms with Crippen molar-refractivity contribution in [2.75, 3.05) is 17.2 Å². The number of thioether (sulfide) groups is 1. The van der Waals surface area contributed by atoms with Crippen LogP contribution in [0, 0.1) is 0 Å². The number of nitrogens with one attached hydrogen (secondary N) is 3. The summed E-state index contributed by atoms with van der Waals surface area (Å²) in [6.45, 7) is 2.32. The van der Waals surface area contributed by atoms with Crippen molar-refractivity contribution in [1.82, 2.24) is 10.3 Å². The van der Waals surface area contributed by atoms with Gasteiger partial charge < -0.3 is 20.7 Å². The Kier molecular flexibility index (Phi) is 12.2. The van der Waals surface area contributed by atoms with Crippen molar-refractivity contribution in [1.29, 1.82) is 0 Å². The summed E-state index contributed by atoms with van der Waals surface area (Å²) in [4.78, 5) is 45.9. The van der Waals surface area contributed by atoms with Crippen LogP contribution in [-0.4, -0.2) is 29.3 Å². The van der Waals surface area contributed by atoms with Crippen LogP contribution in [0.4, 0.5) is 10.8 Å². The number of aromatic nitrogens is 1. The maximum Gasteiger partial charge on any atom is 0.272 e. The molecule has 1 atom stereocenters. The van der Waals surface area contributed by atoms with Crippen molar-refractivity contribution in [2.45, 2.75) is 17.1 Å². The second-order valence-electron chi connectivity index (χ2n) is 11.3. The molecule has 0 fully saturated rings. The number of anilines is 2. The van der Waals surface area contributed by atoms with Crippen LogP contribution in [-0.2, 0) is 9.59 Å². The summed E-state index contributed by atoms with van der Waals surface area (Å²) >= 11 is 8.76. The van der Waals surface area contributed by atoms with E-state index in [1.807, 2.05) is 91.2 Å². The SMILES string of the molecule is CCOc1ccccc1/C=C(\NC(=O)c1ccccc1)C(=O)Nc1ccc(SC(C(=O)Nc2nc(-c3ccc(Cl)cc3)cs2)c2ccccc2)cc1. The summed E-state index contributed by atoms with van der Waals surface area (Å²) < 4.78 is 5.75. The van der Waals surface area contributed by atoms with Crippen LogP contribution in [0.3, 0.4) is 0 Å². The molecular weight excluding hydrogens is 712 g/mol. The van der Waals surface area contributed by atoms with E-state index in [9.17, 15) is 14.4 Å². The van der Waals surface area contributed by atoms with E-state index in [-0.39, 0.29) is 11.6 Å². The van der Waals surface area contributed by atoms with Gasteiger partial charge >= 0.3 is 0 Å². The Morgan fingerprint density at radius 2 is 1.50 bits per heavy atom. The molecule has 0 spiro atoms. The van der Waals surface area contributed by atoms with Gasteiger partial charge in [0.15, 0.2) is 5.13 Å². The molecule has 0 aliphatic heterocycles. The zero-order valence-electron chi connectivity index (χ0n) is 27.9. The number of hydrogen-bond acceptors (Lipinski definition) is 7. The highest BCUT2D eigenvalue weighted by Crippen LogP contribution is 2.37. The largest absolute Gasteiger partial charge is 0.493 e. The Hall–Kier alpha value is -5.68. The van der Waals surface area contributed by atoms with Crippen LogP contribution in [0.25, 0.3) is 17.3 Å². The summed E-state index contributed by atoms with van der Waals surface area (Å²) in [5.74, 6) is -0.577. The van der Waals surface area contributed by atoms with Crippen LogP contribution in [0.15, 0.2) is 149 Å². The van der Waals surface area contributed by atoms with Gasteiger partial charge in [-0.2, -0.15) is 0 Å². The molecule has 3 amide bonds. The number of halogens is 1. The van der Waals surface area contributed by atoms with Crippen molar-refractivity contribution in [2.24, 2.45) is 0 Å². The highest BCUT2D eigenvalue weighted by Gasteiger charge is 2.24. The number of para-hydroxylation sites is 1. The number of carbonyl (C=O) groups is 3. The predicted molar refractivity (Wildman–Crippen MR) is 211 cm³/mol. The highest BCUT2D eigenvalue weighted by atomic mass is 35.5. The van der Waals surface area contributed by atoms with E-state index in [0.717, 1.165) is 21.7 Å². The van der Waals surface area contributed by atoms with E-state index >= 15 is 0 Å². The molecule has 11 heteroatoms. The van der Waals surface area contributed by atoms with Crippen molar-refractivity contribution in [3.63, 3.8) is 0 Å². The molecule has 52 heavy (non-hydrogen) atoms. The quantitative estimate of drug-likeness (QED) is 0.0803. The molecule has 6 rings (SSSR count). The lowest BCUT2D eigenvalue weighted by molar-refractivity contribution is -0.116. The maximum absolute atomic E-state index is 13.7. The Labute approximate surface area is 314 Å². The first-order valence-electron chi connectivity index (χ1n) is 16.3. The minimum Gasteiger partial charge on any atom is -0.493 e. The minimum absolute atomic E-state index is 0.0432. The van der Waals surface area contributed by atoms with E-state index in [0.29, 0.717) is 39.3 Å². The second-order valence-corrected chi connectivity index (χ2v) is 13.7. The van der Waals surface area contributed by atoms with Gasteiger partial charge in [-0.1, -0.05) is 90.5 Å². The zero-order chi connectivity index (χ0) is 36.3. The third kappa shape index (κ3) is 9.55. The molecule has 0 bridgehead atoms. The zero-order valence-corrected chi connectivity index (χ0v) is 30.3. The van der Waals surface area contributed by atoms with Gasteiger partial charge in [0.1, 0.15) is 16.7 Å². The van der Waals surface area contributed by atoms with Crippen molar-refractivity contribution in [3.05, 3.63) is 166 Å². The van der Waals surface area contributed by atoms with E-state index in [1.165, 1.54) is 23.1 Å². The number of hydrogen-bond donors (Lipinski definition) is 3. The van der Waals surface area contributed by atoms with Crippen molar-refractivity contribution < 1.29 is 19.1 Å². The molecule has 0 radical (unpaired) electrons. The van der Waals surface area contributed by atoms with Gasteiger partial charge in [-0.3, -0.25) is 14.4 Å². The topological polar surface area (TPSA) is 109 Å². The Bertz CT molecular complexity index is 2170. The first-order valence-corrected chi connectivity index (χ1v) is 18.5. The number of carbonyl (C=O) groups excluding carboxylic acids is 3. The highest BCUT2D eigenvalue weighted by molar-refractivity contribution is 8.00. The van der Waals surface area contributed by atoms with E-state index in [2.05, 4.69) is 20.9 Å². The maximum atomic E-state index is 13.7. The van der Waals surface area contributed by atoms with Crippen molar-refractivity contribution in [3.8, 4) is 17.0 Å². The Balaban J connectivity index is 1.18. The van der Waals surface area contributed by atoms with E-state index < -0.39 is 17.1 Å². The minimum atomic E-state index is -0.585. The van der Waals surface area contributed by atoms with Gasteiger partial charge in [-0.05, 0) is 73.2 Å². The summed E-state index contributed by atoms with van der Waals surface area (Å²) in [7, 11) is 0. The summed E-state index contributed by atoms with van der Waals surface area (Å²) in [5.41, 5.74) is 4.07. The number of amides is 3. The first-order chi connectivity index (χ1) is 25.4. The van der Waals surface area contributed by atoms with Gasteiger partial charge in [-0.15, -0.1) is 23.1 Å². The molecular formula is C41H33ClN4O4S2. The third-order valence-electron chi connectivity index (χ3n) is 7.63. The molecule has 1 unspecified atom stereocenters. The number of ether oxygens (including phenoxy) is 1. The molecule has 6 aromatic rings. The lowest BCUT2D eigenvalue weighted by Crippen LogP contribution is -2.30. The lowest BCUT2D eigenvalue weighted by atomic mass is 10.1. The fourth-order valence-corrected chi connectivity index (χ4v) is 6.97. The molecule has 3 N–H and O–H groups in total. The molecule has 5 aromatic carbocycles. The third-order valence-corrected chi connectivity index (χ3v) is 9.90. The molecule has 0 saturated heterocycles. The normalized spacial score (nSPS) is 11.7. The standard InChI is InChI=1S/C41H33ClN4O4S2/c1-2-50-36-16-10-9-15-30(36)25-34(44-38(47)29-13-7-4-8-14-29)39(48)43-32-21-23-33(24-22-32)52-37(28-11-5-3-6-12-28)40(49)46-41-45-35(26-51-41)27-17-19-31(42)20-18-27/h3-26,37H,2H2,1H3,(H,43,48)(H,44,47)(H,45,46,49)/b34-25-. The fraction of sp³-hybridized carbons (Fsp3) is 0.0732. The van der Waals surface area contributed by atoms with Gasteiger partial charge in [0.25, 0.3) is 11.8 Å². The Morgan fingerprint density at radius 3 is 2.21 bits per heavy atom. The molecule has 260 valence electrons. The molecule has 0 aliphatic carbocycles. The van der Waals surface area contributed by atoms with Crippen LogP contribution in [0.1, 0.15) is 33.7 Å². The summed E-state index contributed by atoms with van der Waals surface area (Å²) in [5, 5.41) is 11.1. The second kappa shape index (κ2) is 17.5. The van der Waals surface area contributed by atoms with Gasteiger partial charge in [0.05, 0.1) is 12.3 Å². The molecule has 0 saturated carbocycles. The van der Waals surface area contributed by atoms with Crippen LogP contribution >= 0.6 is 34.7 Å². The lowest BCUT2D eigenvalue weighted by Gasteiger charge is -2.17. The van der Waals surface area contributed by atoms with Gasteiger partial charge in [-0.25, -0.2) is 4.98 Å². The smallest absolute Gasteiger partial charge is 0.272 e. The van der Waals surface area contributed by atoms with Gasteiger partial charge in [0.2, 0.25) is 5.91 Å². The van der Waals surface area contributed by atoms with Crippen molar-refractivity contribution >= 4 is 69.3 Å². The summed E-state index contributed by atoms with van der Waals surface area (Å²) in [6, 6.07) is 40.0. The van der Waals surface area contributed by atoms with Crippen LogP contribution < -0.4 is 20.7 Å².